The van der Waals surface area contributed by atoms with E-state index in [4.69, 9.17) is 11.6 Å². The molecule has 4 bridgehead atoms. The molecule has 4 aliphatic carbocycles. The van der Waals surface area contributed by atoms with Crippen molar-refractivity contribution in [2.45, 2.75) is 63.3 Å². The quantitative estimate of drug-likeness (QED) is 0.719. The molecule has 4 saturated carbocycles. The van der Waals surface area contributed by atoms with Gasteiger partial charge in [-0.25, -0.2) is 4.98 Å². The van der Waals surface area contributed by atoms with E-state index >= 15 is 0 Å². The molecule has 0 aromatic carbocycles. The second-order valence-electron chi connectivity index (χ2n) is 10.0. The molecule has 0 radical (unpaired) electrons. The van der Waals surface area contributed by atoms with Crippen LogP contribution in [0.1, 0.15) is 50.5 Å². The number of nitrogens with one attached hydrogen (secondary N) is 1. The molecule has 1 amide bonds. The minimum Gasteiger partial charge on any atom is -0.393 e. The van der Waals surface area contributed by atoms with Crippen LogP contribution in [0.25, 0.3) is 0 Å². The van der Waals surface area contributed by atoms with Crippen molar-refractivity contribution in [1.29, 1.82) is 0 Å². The summed E-state index contributed by atoms with van der Waals surface area (Å²) in [7, 11) is 0. The summed E-state index contributed by atoms with van der Waals surface area (Å²) in [5.41, 5.74) is -1.24. The largest absolute Gasteiger partial charge is 0.417 e. The van der Waals surface area contributed by atoms with Crippen molar-refractivity contribution < 1.29 is 23.1 Å². The zero-order chi connectivity index (χ0) is 22.0. The SMILES string of the molecule is O=C(N[C@H]1CCCN(c2ncc(C(F)(F)F)cc2Cl)C1)C12CC3CC(C1)C(O)C(C3)C2. The molecule has 2 N–H and O–H groups in total. The van der Waals surface area contributed by atoms with Gasteiger partial charge in [0, 0.05) is 25.3 Å². The number of rotatable bonds is 3. The first kappa shape index (κ1) is 21.3. The van der Waals surface area contributed by atoms with Gasteiger partial charge >= 0.3 is 6.18 Å². The fraction of sp³-hybridized carbons (Fsp3) is 0.727. The van der Waals surface area contributed by atoms with E-state index in [0.717, 1.165) is 57.2 Å². The summed E-state index contributed by atoms with van der Waals surface area (Å²) in [6.07, 6.45) is 2.15. The summed E-state index contributed by atoms with van der Waals surface area (Å²) in [5, 5.41) is 13.7. The number of piperidine rings is 1. The van der Waals surface area contributed by atoms with Crippen LogP contribution >= 0.6 is 11.6 Å². The lowest BCUT2D eigenvalue weighted by Gasteiger charge is -2.58. The number of anilines is 1. The van der Waals surface area contributed by atoms with E-state index in [9.17, 15) is 23.1 Å². The summed E-state index contributed by atoms with van der Waals surface area (Å²) >= 11 is 6.13. The Bertz CT molecular complexity index is 864. The second-order valence-corrected chi connectivity index (χ2v) is 10.4. The van der Waals surface area contributed by atoms with E-state index < -0.39 is 11.7 Å². The molecule has 1 aliphatic heterocycles. The highest BCUT2D eigenvalue weighted by molar-refractivity contribution is 6.33. The van der Waals surface area contributed by atoms with Crippen LogP contribution in [0, 0.1) is 23.2 Å². The van der Waals surface area contributed by atoms with Gasteiger partial charge in [-0.2, -0.15) is 13.2 Å². The van der Waals surface area contributed by atoms with E-state index in [1.165, 1.54) is 0 Å². The van der Waals surface area contributed by atoms with Crippen molar-refractivity contribution in [2.24, 2.45) is 23.2 Å². The molecule has 1 aromatic heterocycles. The molecule has 31 heavy (non-hydrogen) atoms. The van der Waals surface area contributed by atoms with Gasteiger partial charge in [0.15, 0.2) is 0 Å². The number of halogens is 4. The third-order valence-corrected chi connectivity index (χ3v) is 8.19. The lowest BCUT2D eigenvalue weighted by atomic mass is 9.48. The van der Waals surface area contributed by atoms with E-state index in [-0.39, 0.29) is 40.3 Å². The zero-order valence-corrected chi connectivity index (χ0v) is 17.9. The van der Waals surface area contributed by atoms with Crippen molar-refractivity contribution >= 4 is 23.3 Å². The molecule has 1 saturated heterocycles. The average molecular weight is 458 g/mol. The number of nitrogens with zero attached hydrogens (tertiary/aromatic N) is 2. The van der Waals surface area contributed by atoms with Gasteiger partial charge in [0.2, 0.25) is 5.91 Å². The number of pyridine rings is 1. The summed E-state index contributed by atoms with van der Waals surface area (Å²) in [5.74, 6) is 1.40. The Morgan fingerprint density at radius 1 is 1.26 bits per heavy atom. The third kappa shape index (κ3) is 3.80. The highest BCUT2D eigenvalue weighted by Gasteiger charge is 2.58. The van der Waals surface area contributed by atoms with Crippen molar-refractivity contribution in [1.82, 2.24) is 10.3 Å². The lowest BCUT2D eigenvalue weighted by Crippen LogP contribution is -2.60. The van der Waals surface area contributed by atoms with E-state index in [2.05, 4.69) is 10.3 Å². The first-order valence-electron chi connectivity index (χ1n) is 11.1. The first-order chi connectivity index (χ1) is 14.6. The van der Waals surface area contributed by atoms with Crippen LogP contribution in [0.2, 0.25) is 5.02 Å². The molecule has 3 atom stereocenters. The maximum absolute atomic E-state index is 13.4. The van der Waals surface area contributed by atoms with Crippen LogP contribution in [0.3, 0.4) is 0 Å². The molecule has 2 heterocycles. The summed E-state index contributed by atoms with van der Waals surface area (Å²) in [4.78, 5) is 19.2. The maximum atomic E-state index is 13.4. The number of amides is 1. The van der Waals surface area contributed by atoms with Gasteiger partial charge < -0.3 is 15.3 Å². The molecule has 170 valence electrons. The van der Waals surface area contributed by atoms with E-state index in [0.29, 0.717) is 24.8 Å². The Kier molecular flexibility index (Phi) is 5.16. The standard InChI is InChI=1S/C22H27ClF3N3O2/c23-17-6-15(22(24,25)26)10-27-19(17)29-3-1-2-16(11-29)28-20(31)21-7-12-4-13(8-21)18(30)14(5-12)9-21/h6,10,12-14,16,18,30H,1-5,7-9,11H2,(H,28,31)/t12?,13?,14?,16-,18?,21?/m0/s1. The Balaban J connectivity index is 1.27. The molecule has 5 nitrogen and oxygen atoms in total. The van der Waals surface area contributed by atoms with E-state index in [1.807, 2.05) is 4.90 Å². The van der Waals surface area contributed by atoms with Gasteiger partial charge in [-0.05, 0) is 68.8 Å². The summed E-state index contributed by atoms with van der Waals surface area (Å²) < 4.78 is 38.7. The normalized spacial score (nSPS) is 37.2. The topological polar surface area (TPSA) is 65.5 Å². The van der Waals surface area contributed by atoms with Gasteiger partial charge in [0.1, 0.15) is 5.82 Å². The van der Waals surface area contributed by atoms with Gasteiger partial charge in [0.25, 0.3) is 0 Å². The van der Waals surface area contributed by atoms with Crippen LogP contribution in [-0.4, -0.2) is 41.2 Å². The smallest absolute Gasteiger partial charge is 0.393 e. The van der Waals surface area contributed by atoms with Crippen molar-refractivity contribution in [3.8, 4) is 0 Å². The minimum absolute atomic E-state index is 0.0307. The number of alkyl halides is 3. The Morgan fingerprint density at radius 3 is 2.61 bits per heavy atom. The monoisotopic (exact) mass is 457 g/mol. The van der Waals surface area contributed by atoms with Crippen molar-refractivity contribution in [2.75, 3.05) is 18.0 Å². The number of carbonyl (C=O) groups excluding carboxylic acids is 1. The average Bonchev–Trinajstić information content (AvgIpc) is 2.70. The maximum Gasteiger partial charge on any atom is 0.417 e. The van der Waals surface area contributed by atoms with Gasteiger partial charge in [-0.1, -0.05) is 11.6 Å². The predicted molar refractivity (Wildman–Crippen MR) is 110 cm³/mol. The molecule has 6 rings (SSSR count). The molecule has 2 unspecified atom stereocenters. The molecule has 9 heteroatoms. The lowest BCUT2D eigenvalue weighted by molar-refractivity contribution is -0.163. The molecule has 5 fully saturated rings. The number of aliphatic hydroxyl groups is 1. The van der Waals surface area contributed by atoms with Crippen LogP contribution < -0.4 is 10.2 Å². The van der Waals surface area contributed by atoms with Gasteiger partial charge in [-0.3, -0.25) is 4.79 Å². The fourth-order valence-corrected chi connectivity index (χ4v) is 7.01. The van der Waals surface area contributed by atoms with Gasteiger partial charge in [0.05, 0.1) is 22.1 Å². The number of aromatic nitrogens is 1. The highest BCUT2D eigenvalue weighted by atomic mass is 35.5. The fourth-order valence-electron chi connectivity index (χ4n) is 6.72. The Morgan fingerprint density at radius 2 is 1.97 bits per heavy atom. The Labute approximate surface area is 184 Å². The first-order valence-corrected chi connectivity index (χ1v) is 11.5. The Hall–Kier alpha value is -1.54. The van der Waals surface area contributed by atoms with Crippen LogP contribution in [0.5, 0.6) is 0 Å². The van der Waals surface area contributed by atoms with Crippen molar-refractivity contribution in [3.63, 3.8) is 0 Å². The van der Waals surface area contributed by atoms with Crippen LogP contribution in [0.15, 0.2) is 12.3 Å². The molecule has 0 spiro atoms. The summed E-state index contributed by atoms with van der Waals surface area (Å²) in [6.45, 7) is 1.10. The third-order valence-electron chi connectivity index (χ3n) is 7.91. The van der Waals surface area contributed by atoms with Crippen LogP contribution in [0.4, 0.5) is 19.0 Å². The van der Waals surface area contributed by atoms with Gasteiger partial charge in [-0.15, -0.1) is 0 Å². The van der Waals surface area contributed by atoms with Crippen molar-refractivity contribution in [3.05, 3.63) is 22.8 Å². The summed E-state index contributed by atoms with van der Waals surface area (Å²) in [6, 6.07) is 0.812. The molecule has 1 aromatic rings. The number of hydrogen-bond donors (Lipinski definition) is 2. The van der Waals surface area contributed by atoms with Crippen LogP contribution in [-0.2, 0) is 11.0 Å². The number of carbonyl (C=O) groups is 1. The minimum atomic E-state index is -4.49. The predicted octanol–water partition coefficient (Wildman–Crippen LogP) is 4.03. The number of aliphatic hydroxyl groups excluding tert-OH is 1. The molecular weight excluding hydrogens is 431 g/mol. The molecular formula is C22H27ClF3N3O2. The second kappa shape index (κ2) is 7.51. The van der Waals surface area contributed by atoms with E-state index in [1.54, 1.807) is 0 Å². The zero-order valence-electron chi connectivity index (χ0n) is 17.2. The number of hydrogen-bond acceptors (Lipinski definition) is 4. The molecule has 5 aliphatic rings. The highest BCUT2D eigenvalue weighted by Crippen LogP contribution is 2.60.